The summed E-state index contributed by atoms with van der Waals surface area (Å²) in [5, 5.41) is 14.3. The summed E-state index contributed by atoms with van der Waals surface area (Å²) in [4.78, 5) is 2.70. The zero-order valence-corrected chi connectivity index (χ0v) is 23.4. The molecule has 0 bridgehead atoms. The highest BCUT2D eigenvalue weighted by Crippen LogP contribution is 2.42. The molecule has 216 valence electrons. The Hall–Kier alpha value is -0.420. The first-order chi connectivity index (χ1) is 14.9. The summed E-state index contributed by atoms with van der Waals surface area (Å²) < 4.78 is 0. The lowest BCUT2D eigenvalue weighted by atomic mass is 9.70. The van der Waals surface area contributed by atoms with Crippen LogP contribution in [0.3, 0.4) is 0 Å². The molecule has 2 aliphatic rings. The molecule has 0 aromatic heterocycles. The Bertz CT molecular complexity index is 668. The van der Waals surface area contributed by atoms with Gasteiger partial charge in [0.05, 0.1) is 0 Å². The maximum atomic E-state index is 9.55. The second-order valence-corrected chi connectivity index (χ2v) is 12.0. The van der Waals surface area contributed by atoms with Crippen molar-refractivity contribution in [1.29, 1.82) is 0 Å². The fourth-order valence-corrected chi connectivity index (χ4v) is 6.50. The summed E-state index contributed by atoms with van der Waals surface area (Å²) >= 11 is 8.07. The molecule has 1 aromatic carbocycles. The van der Waals surface area contributed by atoms with Crippen molar-refractivity contribution in [2.45, 2.75) is 71.8 Å². The number of halogens is 1. The number of hydrogen-bond acceptors (Lipinski definition) is 4. The monoisotopic (exact) mass is 554 g/mol. The Labute approximate surface area is 229 Å². The van der Waals surface area contributed by atoms with Crippen LogP contribution >= 0.6 is 23.4 Å². The Morgan fingerprint density at radius 3 is 2.31 bits per heavy atom. The number of thioether (sulfide) groups is 1. The molecule has 1 heterocycles. The van der Waals surface area contributed by atoms with Gasteiger partial charge in [0, 0.05) is 30.8 Å². The van der Waals surface area contributed by atoms with E-state index in [1.807, 2.05) is 23.9 Å². The molecule has 36 heavy (non-hydrogen) atoms. The molecule has 7 nitrogen and oxygen atoms in total. The minimum absolute atomic E-state index is 0. The minimum Gasteiger partial charge on any atom is -0.412 e. The van der Waals surface area contributed by atoms with Crippen LogP contribution in [0, 0.1) is 17.3 Å². The first kappa shape index (κ1) is 40.1. The first-order valence-electron chi connectivity index (χ1n) is 12.2. The van der Waals surface area contributed by atoms with Crippen molar-refractivity contribution in [2.24, 2.45) is 17.3 Å². The molecule has 1 saturated heterocycles. The van der Waals surface area contributed by atoms with Crippen molar-refractivity contribution in [3.63, 3.8) is 0 Å². The third-order valence-electron chi connectivity index (χ3n) is 7.57. The number of rotatable bonds is 10. The normalized spacial score (nSPS) is 24.0. The van der Waals surface area contributed by atoms with Gasteiger partial charge in [0.1, 0.15) is 0 Å². The van der Waals surface area contributed by atoms with E-state index in [-0.39, 0.29) is 34.7 Å². The molecule has 3 unspecified atom stereocenters. The van der Waals surface area contributed by atoms with Gasteiger partial charge < -0.3 is 37.2 Å². The Morgan fingerprint density at radius 2 is 1.72 bits per heavy atom. The quantitative estimate of drug-likeness (QED) is 0.454. The maximum Gasteiger partial charge on any atom is 0.0459 e. The number of hydrogen-bond donors (Lipinski definition) is 2. The summed E-state index contributed by atoms with van der Waals surface area (Å²) in [6, 6.07) is 9.07. The van der Waals surface area contributed by atoms with E-state index in [2.05, 4.69) is 42.5 Å². The molecule has 4 atom stereocenters. The second-order valence-electron chi connectivity index (χ2n) is 10.6. The summed E-state index contributed by atoms with van der Waals surface area (Å²) in [6.45, 7) is 9.80. The molecular weight excluding hydrogens is 500 g/mol. The van der Waals surface area contributed by atoms with E-state index in [0.717, 1.165) is 30.6 Å². The smallest absolute Gasteiger partial charge is 0.0459 e. The standard InChI is InChI=1S/C26H43ClN2OS.CH4.4H2O/c1-26(2)19-29(13-11-25(26)22-7-9-23(27)10-8-22)17-24(12-14-31-3)28-16-20-5-4-6-21(15-20)18-30;;;;;/h7-10,20-21,24-25,28,30H,4-6,11-19H2,1-3H3;1H4;4*1H2/t20?,21?,24-,25?;;;;;/m1...../s1. The van der Waals surface area contributed by atoms with Gasteiger partial charge in [-0.3, -0.25) is 0 Å². The van der Waals surface area contributed by atoms with Crippen LogP contribution in [0.2, 0.25) is 5.02 Å². The van der Waals surface area contributed by atoms with Gasteiger partial charge in [-0.1, -0.05) is 51.4 Å². The van der Waals surface area contributed by atoms with Gasteiger partial charge in [0.2, 0.25) is 0 Å². The summed E-state index contributed by atoms with van der Waals surface area (Å²) in [5.74, 6) is 3.07. The first-order valence-corrected chi connectivity index (χ1v) is 14.0. The van der Waals surface area contributed by atoms with Crippen molar-refractivity contribution in [3.8, 4) is 0 Å². The largest absolute Gasteiger partial charge is 0.412 e. The van der Waals surface area contributed by atoms with Crippen molar-refractivity contribution in [2.75, 3.05) is 44.8 Å². The highest BCUT2D eigenvalue weighted by Gasteiger charge is 2.37. The second kappa shape index (κ2) is 19.6. The van der Waals surface area contributed by atoms with Crippen LogP contribution < -0.4 is 5.32 Å². The van der Waals surface area contributed by atoms with Gasteiger partial charge in [-0.15, -0.1) is 0 Å². The summed E-state index contributed by atoms with van der Waals surface area (Å²) in [7, 11) is 0. The number of nitrogens with zero attached hydrogens (tertiary/aromatic N) is 1. The molecule has 2 fully saturated rings. The third-order valence-corrected chi connectivity index (χ3v) is 8.47. The molecule has 3 rings (SSSR count). The van der Waals surface area contributed by atoms with Crippen LogP contribution in [0.25, 0.3) is 0 Å². The van der Waals surface area contributed by atoms with E-state index in [9.17, 15) is 5.11 Å². The van der Waals surface area contributed by atoms with Crippen molar-refractivity contribution >= 4 is 23.4 Å². The SMILES string of the molecule is C.CSCC[C@H](CN1CCC(c2ccc(Cl)cc2)C(C)(C)C1)NCC1CCCC(CO)C1.O.O.O.O. The lowest BCUT2D eigenvalue weighted by Gasteiger charge is -2.45. The van der Waals surface area contributed by atoms with Gasteiger partial charge in [-0.05, 0) is 98.1 Å². The van der Waals surface area contributed by atoms with Gasteiger partial charge in [0.25, 0.3) is 0 Å². The molecule has 0 amide bonds. The maximum absolute atomic E-state index is 9.55. The van der Waals surface area contributed by atoms with Crippen LogP contribution in [0.5, 0.6) is 0 Å². The predicted octanol–water partition coefficient (Wildman–Crippen LogP) is 3.00. The van der Waals surface area contributed by atoms with Crippen LogP contribution in [-0.2, 0) is 0 Å². The van der Waals surface area contributed by atoms with Crippen LogP contribution in [0.15, 0.2) is 24.3 Å². The van der Waals surface area contributed by atoms with E-state index < -0.39 is 0 Å². The Kier molecular flexibility index (Phi) is 21.8. The number of benzene rings is 1. The number of aliphatic hydroxyl groups is 1. The highest BCUT2D eigenvalue weighted by molar-refractivity contribution is 7.98. The molecule has 1 aliphatic heterocycles. The Balaban J connectivity index is -0.00000218. The van der Waals surface area contributed by atoms with Gasteiger partial charge >= 0.3 is 0 Å². The zero-order valence-electron chi connectivity index (χ0n) is 21.8. The number of likely N-dealkylation sites (tertiary alicyclic amines) is 1. The van der Waals surface area contributed by atoms with Crippen LogP contribution in [-0.4, -0.2) is 82.7 Å². The van der Waals surface area contributed by atoms with E-state index in [1.54, 1.807) is 0 Å². The number of aliphatic hydroxyl groups excluding tert-OH is 1. The van der Waals surface area contributed by atoms with E-state index >= 15 is 0 Å². The molecule has 10 N–H and O–H groups in total. The van der Waals surface area contributed by atoms with Crippen molar-refractivity contribution in [1.82, 2.24) is 10.2 Å². The fraction of sp³-hybridized carbons (Fsp3) is 0.778. The lowest BCUT2D eigenvalue weighted by molar-refractivity contribution is 0.0828. The summed E-state index contributed by atoms with van der Waals surface area (Å²) in [5.41, 5.74) is 1.69. The average Bonchev–Trinajstić information content (AvgIpc) is 2.76. The van der Waals surface area contributed by atoms with Gasteiger partial charge in [-0.25, -0.2) is 0 Å². The van der Waals surface area contributed by atoms with Crippen molar-refractivity contribution < 1.29 is 27.0 Å². The topological polar surface area (TPSA) is 162 Å². The number of piperidine rings is 1. The molecular formula is C27H55ClN2O5S. The van der Waals surface area contributed by atoms with Crippen molar-refractivity contribution in [3.05, 3.63) is 34.9 Å². The molecule has 1 aliphatic carbocycles. The van der Waals surface area contributed by atoms with E-state index in [4.69, 9.17) is 11.6 Å². The molecule has 1 aromatic rings. The number of nitrogens with one attached hydrogen (secondary N) is 1. The highest BCUT2D eigenvalue weighted by atomic mass is 35.5. The lowest BCUT2D eigenvalue weighted by Crippen LogP contribution is -2.50. The molecule has 9 heteroatoms. The fourth-order valence-electron chi connectivity index (χ4n) is 5.85. The zero-order chi connectivity index (χ0) is 22.3. The van der Waals surface area contributed by atoms with E-state index in [1.165, 1.54) is 56.4 Å². The Morgan fingerprint density at radius 1 is 1.08 bits per heavy atom. The van der Waals surface area contributed by atoms with Gasteiger partial charge in [0.15, 0.2) is 0 Å². The predicted molar refractivity (Wildman–Crippen MR) is 158 cm³/mol. The minimum atomic E-state index is 0. The molecule has 0 spiro atoms. The molecule has 1 saturated carbocycles. The van der Waals surface area contributed by atoms with Gasteiger partial charge in [-0.2, -0.15) is 11.8 Å². The average molecular weight is 555 g/mol. The van der Waals surface area contributed by atoms with Crippen LogP contribution in [0.4, 0.5) is 0 Å². The van der Waals surface area contributed by atoms with Crippen LogP contribution in [0.1, 0.15) is 71.3 Å². The molecule has 0 radical (unpaired) electrons. The third kappa shape index (κ3) is 12.0. The van der Waals surface area contributed by atoms with E-state index in [0.29, 0.717) is 24.5 Å². The summed E-state index contributed by atoms with van der Waals surface area (Å²) in [6.07, 6.45) is 9.65.